The normalized spacial score (nSPS) is 20.6. The second-order valence-corrected chi connectivity index (χ2v) is 12.3. The Morgan fingerprint density at radius 1 is 0.840 bits per heavy atom. The van der Waals surface area contributed by atoms with Crippen LogP contribution in [0.5, 0.6) is 0 Å². The van der Waals surface area contributed by atoms with Crippen molar-refractivity contribution in [2.75, 3.05) is 0 Å². The maximum Gasteiger partial charge on any atom is -1.00 e. The first-order chi connectivity index (χ1) is 10.7. The van der Waals surface area contributed by atoms with Crippen LogP contribution in [-0.2, 0) is 23.2 Å². The number of allylic oxidation sites excluding steroid dienone is 5. The van der Waals surface area contributed by atoms with E-state index in [-0.39, 0.29) is 24.8 Å². The molecule has 0 bridgehead atoms. The molecule has 0 aliphatic heterocycles. The molecule has 0 radical (unpaired) electrons. The Kier molecular flexibility index (Phi) is 7.23. The molecule has 1 aromatic carbocycles. The van der Waals surface area contributed by atoms with Crippen molar-refractivity contribution >= 4 is 6.08 Å². The first kappa shape index (κ1) is 22.9. The van der Waals surface area contributed by atoms with Gasteiger partial charge in [0.25, 0.3) is 0 Å². The molecule has 0 N–H and O–H groups in total. The topological polar surface area (TPSA) is 0 Å². The van der Waals surface area contributed by atoms with Crippen molar-refractivity contribution in [3.63, 3.8) is 0 Å². The molecule has 0 aromatic heterocycles. The summed E-state index contributed by atoms with van der Waals surface area (Å²) < 4.78 is 1.09. The van der Waals surface area contributed by atoms with E-state index in [0.717, 1.165) is 3.63 Å². The second-order valence-electron chi connectivity index (χ2n) is 7.68. The molecule has 1 aromatic rings. The summed E-state index contributed by atoms with van der Waals surface area (Å²) in [4.78, 5) is 0. The molecule has 3 heteroatoms. The maximum atomic E-state index is 2.53. The Morgan fingerprint density at radius 2 is 1.36 bits per heavy atom. The largest absolute Gasteiger partial charge is 1.00 e. The van der Waals surface area contributed by atoms with E-state index in [0.29, 0.717) is 3.12 Å². The van der Waals surface area contributed by atoms with Gasteiger partial charge in [-0.1, -0.05) is 0 Å². The molecule has 2 aliphatic carbocycles. The van der Waals surface area contributed by atoms with Gasteiger partial charge in [-0.05, 0) is 0 Å². The van der Waals surface area contributed by atoms with Crippen LogP contribution < -0.4 is 24.8 Å². The molecule has 0 saturated carbocycles. The van der Waals surface area contributed by atoms with Crippen molar-refractivity contribution < 1.29 is 48.0 Å². The number of rotatable bonds is 2. The Hall–Kier alpha value is -0.0969. The third kappa shape index (κ3) is 3.54. The molecule has 0 heterocycles. The van der Waals surface area contributed by atoms with Crippen molar-refractivity contribution in [1.82, 2.24) is 0 Å². The van der Waals surface area contributed by atoms with Crippen molar-refractivity contribution in [1.29, 1.82) is 0 Å². The molecule has 1 atom stereocenters. The van der Waals surface area contributed by atoms with Crippen molar-refractivity contribution in [2.24, 2.45) is 0 Å². The van der Waals surface area contributed by atoms with Crippen molar-refractivity contribution in [3.8, 4) is 0 Å². The van der Waals surface area contributed by atoms with Gasteiger partial charge >= 0.3 is 154 Å². The number of fused-ring (bicyclic) bond motifs is 1. The molecule has 25 heavy (non-hydrogen) atoms. The summed E-state index contributed by atoms with van der Waals surface area (Å²) in [5.74, 6) is 0. The van der Waals surface area contributed by atoms with Crippen LogP contribution in [0.2, 0.25) is 3.12 Å². The number of hydrogen-bond donors (Lipinski definition) is 0. The van der Waals surface area contributed by atoms with Gasteiger partial charge in [0.1, 0.15) is 0 Å². The van der Waals surface area contributed by atoms with Gasteiger partial charge in [0.15, 0.2) is 0 Å². The van der Waals surface area contributed by atoms with Gasteiger partial charge in [0.2, 0.25) is 0 Å². The van der Waals surface area contributed by atoms with Gasteiger partial charge in [0, 0.05) is 0 Å². The van der Waals surface area contributed by atoms with Crippen LogP contribution in [-0.4, -0.2) is 0 Å². The molecule has 0 saturated heterocycles. The predicted molar refractivity (Wildman–Crippen MR) is 97.4 cm³/mol. The number of aryl methyl sites for hydroxylation is 2. The molecule has 3 rings (SSSR count). The maximum absolute atomic E-state index is 2.53. The summed E-state index contributed by atoms with van der Waals surface area (Å²) in [6.07, 6.45) is 2.46. The molecular formula is C22H28Cl2Zr. The molecule has 0 spiro atoms. The van der Waals surface area contributed by atoms with E-state index < -0.39 is 23.2 Å². The average Bonchev–Trinajstić information content (AvgIpc) is 2.86. The standard InChI is InChI=1S/C12H13.C10H15.2ClH.Zr/c1-8-4-10(3)12-7-9(2)6-11(12)5-8;1-6-7(2)9(4)10(5)8(6)3;;;/h4-7H,1-3H3;1-5H3;2*1H;/q;;;;+2/p-2. The van der Waals surface area contributed by atoms with Gasteiger partial charge in [0.05, 0.1) is 0 Å². The van der Waals surface area contributed by atoms with E-state index in [1.165, 1.54) is 16.7 Å². The Balaban J connectivity index is 0.00000156. The molecule has 0 amide bonds. The van der Waals surface area contributed by atoms with Gasteiger partial charge in [-0.15, -0.1) is 0 Å². The average molecular weight is 455 g/mol. The number of benzene rings is 1. The minimum absolute atomic E-state index is 0. The van der Waals surface area contributed by atoms with E-state index in [2.05, 4.69) is 73.6 Å². The smallest absolute Gasteiger partial charge is 1.00 e. The Morgan fingerprint density at radius 3 is 1.88 bits per heavy atom. The molecule has 2 aliphatic rings. The van der Waals surface area contributed by atoms with Crippen LogP contribution in [0.15, 0.2) is 40.0 Å². The van der Waals surface area contributed by atoms with Crippen LogP contribution in [0.4, 0.5) is 0 Å². The third-order valence-electron chi connectivity index (χ3n) is 6.32. The Labute approximate surface area is 177 Å². The van der Waals surface area contributed by atoms with Crippen LogP contribution in [0, 0.1) is 13.8 Å². The van der Waals surface area contributed by atoms with Crippen molar-refractivity contribution in [3.05, 3.63) is 62.3 Å². The van der Waals surface area contributed by atoms with Crippen LogP contribution in [0.25, 0.3) is 6.08 Å². The van der Waals surface area contributed by atoms with Gasteiger partial charge in [-0.25, -0.2) is 0 Å². The van der Waals surface area contributed by atoms with Crippen LogP contribution in [0.1, 0.15) is 67.4 Å². The number of hydrogen-bond acceptors (Lipinski definition) is 0. The summed E-state index contributed by atoms with van der Waals surface area (Å²) in [7, 11) is 0. The SMILES string of the molecule is CC1=Cc2c(C)cc(C)cc2[CH]1[Zr+2][C]1(C)C(C)=C(C)C(C)=C1C.[Cl-].[Cl-]. The zero-order valence-corrected chi connectivity index (χ0v) is 20.5. The first-order valence-corrected chi connectivity index (χ1v) is 11.2. The fraction of sp³-hybridized carbons (Fsp3) is 0.455. The summed E-state index contributed by atoms with van der Waals surface area (Å²) in [6.45, 7) is 18.8. The summed E-state index contributed by atoms with van der Waals surface area (Å²) in [5, 5.41) is 0. The quantitative estimate of drug-likeness (QED) is 0.618. The minimum atomic E-state index is -0.711. The van der Waals surface area contributed by atoms with E-state index in [4.69, 9.17) is 0 Å². The summed E-state index contributed by atoms with van der Waals surface area (Å²) in [6, 6.07) is 4.79. The van der Waals surface area contributed by atoms with E-state index in [1.807, 2.05) is 0 Å². The zero-order chi connectivity index (χ0) is 17.1. The Bertz CT molecular complexity index is 772. The number of halogens is 2. The zero-order valence-electron chi connectivity index (χ0n) is 16.6. The van der Waals surface area contributed by atoms with E-state index >= 15 is 0 Å². The molecular weight excluding hydrogens is 426 g/mol. The van der Waals surface area contributed by atoms with E-state index in [1.54, 1.807) is 33.4 Å². The monoisotopic (exact) mass is 452 g/mol. The summed E-state index contributed by atoms with van der Waals surface area (Å²) in [5.41, 5.74) is 14.0. The van der Waals surface area contributed by atoms with Gasteiger partial charge < -0.3 is 24.8 Å². The van der Waals surface area contributed by atoms with E-state index in [9.17, 15) is 0 Å². The second kappa shape index (κ2) is 7.87. The fourth-order valence-corrected chi connectivity index (χ4v) is 9.43. The fourth-order valence-electron chi connectivity index (χ4n) is 4.29. The molecule has 1 unspecified atom stereocenters. The predicted octanol–water partition coefficient (Wildman–Crippen LogP) is 0.717. The summed E-state index contributed by atoms with van der Waals surface area (Å²) >= 11 is -0.711. The first-order valence-electron chi connectivity index (χ1n) is 8.60. The van der Waals surface area contributed by atoms with Gasteiger partial charge in [-0.2, -0.15) is 0 Å². The molecule has 134 valence electrons. The van der Waals surface area contributed by atoms with Crippen LogP contribution >= 0.6 is 0 Å². The van der Waals surface area contributed by atoms with Gasteiger partial charge in [-0.3, -0.25) is 0 Å². The van der Waals surface area contributed by atoms with Crippen LogP contribution in [0.3, 0.4) is 0 Å². The minimum Gasteiger partial charge on any atom is -1.00 e. The molecule has 0 fully saturated rings. The molecule has 0 nitrogen and oxygen atoms in total. The third-order valence-corrected chi connectivity index (χ3v) is 12.2. The van der Waals surface area contributed by atoms with Crippen molar-refractivity contribution in [2.45, 2.75) is 62.1 Å².